The minimum atomic E-state index is -2.67. The first-order chi connectivity index (χ1) is 12.1. The van der Waals surface area contributed by atoms with Crippen LogP contribution in [0.25, 0.3) is 11.0 Å². The number of urea groups is 1. The van der Waals surface area contributed by atoms with Crippen LogP contribution in [-0.4, -0.2) is 36.8 Å². The lowest BCUT2D eigenvalue weighted by Crippen LogP contribution is -2.43. The molecule has 25 heavy (non-hydrogen) atoms. The number of hydrogen-bond donors (Lipinski definition) is 3. The van der Waals surface area contributed by atoms with Crippen LogP contribution in [0.15, 0.2) is 24.5 Å². The number of aromatic amines is 1. The number of H-pyrrole nitrogens is 1. The third-order valence-corrected chi connectivity index (χ3v) is 4.11. The Morgan fingerprint density at radius 1 is 1.40 bits per heavy atom. The zero-order chi connectivity index (χ0) is 17.4. The molecule has 3 N–H and O–H groups in total. The third kappa shape index (κ3) is 3.14. The molecule has 2 amide bonds. The minimum absolute atomic E-state index is 0.0458. The fraction of sp³-hybridized carbons (Fsp3) is 0.333. The van der Waals surface area contributed by atoms with Gasteiger partial charge in [0.15, 0.2) is 5.82 Å². The number of anilines is 1. The van der Waals surface area contributed by atoms with E-state index in [1.54, 1.807) is 22.9 Å². The first-order valence-electron chi connectivity index (χ1n) is 7.80. The molecule has 10 heteroatoms. The Balaban J connectivity index is 1.41. The van der Waals surface area contributed by atoms with Crippen LogP contribution in [0.2, 0.25) is 0 Å². The van der Waals surface area contributed by atoms with Gasteiger partial charge in [0.2, 0.25) is 0 Å². The molecule has 1 aromatic carbocycles. The predicted octanol–water partition coefficient (Wildman–Crippen LogP) is 2.23. The van der Waals surface area contributed by atoms with Crippen LogP contribution < -0.4 is 10.6 Å². The van der Waals surface area contributed by atoms with E-state index < -0.39 is 6.43 Å². The quantitative estimate of drug-likeness (QED) is 0.676. The van der Waals surface area contributed by atoms with E-state index in [4.69, 9.17) is 0 Å². The molecule has 1 atom stereocenters. The number of carbonyl (C=O) groups is 1. The number of fused-ring (bicyclic) bond motifs is 2. The summed E-state index contributed by atoms with van der Waals surface area (Å²) >= 11 is 0. The van der Waals surface area contributed by atoms with Crippen LogP contribution in [0.4, 0.5) is 19.3 Å². The highest BCUT2D eigenvalue weighted by molar-refractivity contribution is 5.92. The fourth-order valence-electron chi connectivity index (χ4n) is 2.92. The number of amides is 2. The standard InChI is InChI=1S/C15H15F2N7O/c16-13(17)14-22-10-3-1-8(5-11(10)23-14)20-15(25)21-9-2-4-12-18-7-19-24(12)6-9/h1,3,5,7,9,13H,2,4,6H2,(H,22,23)(H2,20,21,25)/t9-/m0/s1. The van der Waals surface area contributed by atoms with E-state index in [-0.39, 0.29) is 17.9 Å². The van der Waals surface area contributed by atoms with Gasteiger partial charge in [0.25, 0.3) is 6.43 Å². The van der Waals surface area contributed by atoms with Gasteiger partial charge in [-0.3, -0.25) is 0 Å². The van der Waals surface area contributed by atoms with E-state index in [1.165, 1.54) is 6.33 Å². The highest BCUT2D eigenvalue weighted by Gasteiger charge is 2.21. The maximum absolute atomic E-state index is 12.7. The summed E-state index contributed by atoms with van der Waals surface area (Å²) in [6, 6.07) is 4.37. The lowest BCUT2D eigenvalue weighted by atomic mass is 10.1. The maximum atomic E-state index is 12.7. The van der Waals surface area contributed by atoms with E-state index >= 15 is 0 Å². The van der Waals surface area contributed by atoms with E-state index in [9.17, 15) is 13.6 Å². The molecule has 8 nitrogen and oxygen atoms in total. The number of imidazole rings is 1. The van der Waals surface area contributed by atoms with Crippen molar-refractivity contribution >= 4 is 22.8 Å². The van der Waals surface area contributed by atoms with Crippen molar-refractivity contribution < 1.29 is 13.6 Å². The smallest absolute Gasteiger partial charge is 0.319 e. The first-order valence-corrected chi connectivity index (χ1v) is 7.80. The van der Waals surface area contributed by atoms with Gasteiger partial charge in [-0.1, -0.05) is 0 Å². The number of nitrogens with one attached hydrogen (secondary N) is 3. The van der Waals surface area contributed by atoms with Crippen LogP contribution in [0.5, 0.6) is 0 Å². The molecule has 4 rings (SSSR count). The molecule has 0 spiro atoms. The lowest BCUT2D eigenvalue weighted by Gasteiger charge is -2.23. The van der Waals surface area contributed by atoms with Gasteiger partial charge in [0.05, 0.1) is 23.6 Å². The summed E-state index contributed by atoms with van der Waals surface area (Å²) in [7, 11) is 0. The Hall–Kier alpha value is -3.04. The van der Waals surface area contributed by atoms with Crippen LogP contribution in [0, 0.1) is 0 Å². The first kappa shape index (κ1) is 15.5. The second-order valence-electron chi connectivity index (χ2n) is 5.85. The Labute approximate surface area is 140 Å². The fourth-order valence-corrected chi connectivity index (χ4v) is 2.92. The van der Waals surface area contributed by atoms with Gasteiger partial charge in [-0.15, -0.1) is 0 Å². The number of hydrogen-bond acceptors (Lipinski definition) is 4. The number of carbonyl (C=O) groups excluding carboxylic acids is 1. The van der Waals surface area contributed by atoms with E-state index in [2.05, 4.69) is 30.7 Å². The Morgan fingerprint density at radius 3 is 3.12 bits per heavy atom. The molecule has 3 heterocycles. The van der Waals surface area contributed by atoms with E-state index in [0.717, 1.165) is 18.7 Å². The van der Waals surface area contributed by atoms with Crippen molar-refractivity contribution in [2.24, 2.45) is 0 Å². The number of nitrogens with zero attached hydrogens (tertiary/aromatic N) is 4. The van der Waals surface area contributed by atoms with Gasteiger partial charge in [0.1, 0.15) is 12.2 Å². The molecule has 3 aromatic rings. The number of aryl methyl sites for hydroxylation is 1. The topological polar surface area (TPSA) is 101 Å². The van der Waals surface area contributed by atoms with Gasteiger partial charge in [0, 0.05) is 12.1 Å². The van der Waals surface area contributed by atoms with Gasteiger partial charge >= 0.3 is 6.03 Å². The van der Waals surface area contributed by atoms with Crippen molar-refractivity contribution in [3.05, 3.63) is 36.2 Å². The Kier molecular flexibility index (Phi) is 3.79. The molecule has 0 fully saturated rings. The highest BCUT2D eigenvalue weighted by atomic mass is 19.3. The van der Waals surface area contributed by atoms with Gasteiger partial charge < -0.3 is 15.6 Å². The van der Waals surface area contributed by atoms with Crippen molar-refractivity contribution in [2.75, 3.05) is 5.32 Å². The van der Waals surface area contributed by atoms with E-state index in [1.807, 2.05) is 0 Å². The lowest BCUT2D eigenvalue weighted by molar-refractivity contribution is 0.142. The number of halogens is 2. The summed E-state index contributed by atoms with van der Waals surface area (Å²) < 4.78 is 27.1. The van der Waals surface area contributed by atoms with Gasteiger partial charge in [-0.2, -0.15) is 5.10 Å². The van der Waals surface area contributed by atoms with Crippen molar-refractivity contribution in [3.63, 3.8) is 0 Å². The van der Waals surface area contributed by atoms with Crippen LogP contribution in [-0.2, 0) is 13.0 Å². The monoisotopic (exact) mass is 347 g/mol. The summed E-state index contributed by atoms with van der Waals surface area (Å²) in [6.45, 7) is 0.570. The molecule has 0 saturated carbocycles. The molecule has 0 radical (unpaired) electrons. The average Bonchev–Trinajstić information content (AvgIpc) is 3.20. The maximum Gasteiger partial charge on any atom is 0.319 e. The molecule has 0 bridgehead atoms. The number of alkyl halides is 2. The van der Waals surface area contributed by atoms with Gasteiger partial charge in [-0.05, 0) is 24.6 Å². The normalized spacial score (nSPS) is 16.8. The second-order valence-corrected chi connectivity index (χ2v) is 5.85. The average molecular weight is 347 g/mol. The third-order valence-electron chi connectivity index (χ3n) is 4.11. The van der Waals surface area contributed by atoms with Crippen molar-refractivity contribution in [3.8, 4) is 0 Å². The summed E-state index contributed by atoms with van der Waals surface area (Å²) in [5, 5.41) is 9.70. The number of aromatic nitrogens is 5. The largest absolute Gasteiger partial charge is 0.337 e. The van der Waals surface area contributed by atoms with Crippen LogP contribution in [0.3, 0.4) is 0 Å². The van der Waals surface area contributed by atoms with Crippen LogP contribution >= 0.6 is 0 Å². The van der Waals surface area contributed by atoms with Crippen LogP contribution in [0.1, 0.15) is 24.5 Å². The SMILES string of the molecule is O=C(Nc1ccc2nc(C(F)F)[nH]c2c1)N[C@H]1CCc2ncnn2C1. The molecule has 0 unspecified atom stereocenters. The molecule has 2 aromatic heterocycles. The van der Waals surface area contributed by atoms with Crippen molar-refractivity contribution in [1.29, 1.82) is 0 Å². The van der Waals surface area contributed by atoms with Gasteiger partial charge in [-0.25, -0.2) is 28.2 Å². The summed E-state index contributed by atoms with van der Waals surface area (Å²) in [5.74, 6) is 0.528. The zero-order valence-electron chi connectivity index (χ0n) is 13.0. The number of rotatable bonds is 3. The Morgan fingerprint density at radius 2 is 2.28 bits per heavy atom. The molecule has 0 saturated heterocycles. The summed E-state index contributed by atoms with van der Waals surface area (Å²) in [6.07, 6.45) is 0.371. The second kappa shape index (κ2) is 6.11. The molecule has 0 aliphatic carbocycles. The minimum Gasteiger partial charge on any atom is -0.337 e. The van der Waals surface area contributed by atoms with E-state index in [0.29, 0.717) is 23.3 Å². The summed E-state index contributed by atoms with van der Waals surface area (Å²) in [4.78, 5) is 22.6. The Bertz CT molecular complexity index is 920. The molecule has 1 aliphatic heterocycles. The zero-order valence-corrected chi connectivity index (χ0v) is 13.0. The van der Waals surface area contributed by atoms with Crippen molar-refractivity contribution in [1.82, 2.24) is 30.0 Å². The highest BCUT2D eigenvalue weighted by Crippen LogP contribution is 2.22. The number of benzene rings is 1. The molecule has 1 aliphatic rings. The molecule has 130 valence electrons. The predicted molar refractivity (Wildman–Crippen MR) is 85.3 cm³/mol. The molecular weight excluding hydrogens is 332 g/mol. The molecular formula is C15H15F2N7O. The summed E-state index contributed by atoms with van der Waals surface area (Å²) in [5.41, 5.74) is 1.36. The van der Waals surface area contributed by atoms with Crippen molar-refractivity contribution in [2.45, 2.75) is 31.9 Å².